The number of ether oxygens (including phenoxy) is 1. The third kappa shape index (κ3) is 4.54. The summed E-state index contributed by atoms with van der Waals surface area (Å²) in [5, 5.41) is 13.0. The SMILES string of the molecule is CCOC(CN(C)Cc1cnn(C)c1)C(=O)O. The molecule has 0 fully saturated rings. The van der Waals surface area contributed by atoms with Gasteiger partial charge in [0.25, 0.3) is 0 Å². The molecule has 0 aliphatic heterocycles. The molecule has 0 saturated heterocycles. The zero-order valence-corrected chi connectivity index (χ0v) is 10.5. The van der Waals surface area contributed by atoms with E-state index in [-0.39, 0.29) is 0 Å². The Labute approximate surface area is 101 Å². The zero-order chi connectivity index (χ0) is 12.8. The number of aromatic nitrogens is 2. The van der Waals surface area contributed by atoms with Crippen LogP contribution in [-0.4, -0.2) is 52.1 Å². The highest BCUT2D eigenvalue weighted by Gasteiger charge is 2.19. The summed E-state index contributed by atoms with van der Waals surface area (Å²) >= 11 is 0. The Hall–Kier alpha value is -1.40. The van der Waals surface area contributed by atoms with E-state index in [2.05, 4.69) is 5.10 Å². The predicted octanol–water partition coefficient (Wildman–Crippen LogP) is 0.342. The number of likely N-dealkylation sites (N-methyl/N-ethyl adjacent to an activating group) is 1. The van der Waals surface area contributed by atoms with Crippen LogP contribution < -0.4 is 0 Å². The minimum absolute atomic E-state index is 0.359. The van der Waals surface area contributed by atoms with E-state index in [4.69, 9.17) is 9.84 Å². The number of carboxylic acid groups (broad SMARTS) is 1. The normalized spacial score (nSPS) is 12.9. The molecule has 17 heavy (non-hydrogen) atoms. The molecule has 1 atom stereocenters. The molecule has 1 rings (SSSR count). The molecule has 0 radical (unpaired) electrons. The predicted molar refractivity (Wildman–Crippen MR) is 62.6 cm³/mol. The summed E-state index contributed by atoms with van der Waals surface area (Å²) < 4.78 is 6.88. The van der Waals surface area contributed by atoms with Crippen LogP contribution in [-0.2, 0) is 23.1 Å². The van der Waals surface area contributed by atoms with E-state index in [1.165, 1.54) is 0 Å². The van der Waals surface area contributed by atoms with Crippen molar-refractivity contribution in [1.29, 1.82) is 0 Å². The molecule has 0 aliphatic rings. The molecule has 0 saturated carbocycles. The van der Waals surface area contributed by atoms with Crippen molar-refractivity contribution in [2.24, 2.45) is 7.05 Å². The molecule has 0 aromatic carbocycles. The minimum atomic E-state index is -0.926. The fraction of sp³-hybridized carbons (Fsp3) is 0.636. The number of hydrogen-bond acceptors (Lipinski definition) is 4. The van der Waals surface area contributed by atoms with Gasteiger partial charge in [0.15, 0.2) is 6.10 Å². The van der Waals surface area contributed by atoms with Crippen LogP contribution in [0.25, 0.3) is 0 Å². The fourth-order valence-corrected chi connectivity index (χ4v) is 1.62. The molecule has 0 bridgehead atoms. The smallest absolute Gasteiger partial charge is 0.334 e. The Morgan fingerprint density at radius 2 is 2.41 bits per heavy atom. The van der Waals surface area contributed by atoms with Crippen LogP contribution in [0.2, 0.25) is 0 Å². The monoisotopic (exact) mass is 241 g/mol. The Balaban J connectivity index is 2.47. The van der Waals surface area contributed by atoms with Gasteiger partial charge >= 0.3 is 5.97 Å². The van der Waals surface area contributed by atoms with Crippen molar-refractivity contribution < 1.29 is 14.6 Å². The third-order valence-electron chi connectivity index (χ3n) is 2.33. The van der Waals surface area contributed by atoms with Gasteiger partial charge in [-0.15, -0.1) is 0 Å². The second kappa shape index (κ2) is 6.36. The highest BCUT2D eigenvalue weighted by atomic mass is 16.5. The Bertz CT molecular complexity index is 365. The number of hydrogen-bond donors (Lipinski definition) is 1. The van der Waals surface area contributed by atoms with Crippen molar-refractivity contribution in [2.75, 3.05) is 20.2 Å². The van der Waals surface area contributed by atoms with Gasteiger partial charge in [0.1, 0.15) is 0 Å². The number of carboxylic acids is 1. The average molecular weight is 241 g/mol. The van der Waals surface area contributed by atoms with Crippen molar-refractivity contribution in [3.63, 3.8) is 0 Å². The molecule has 96 valence electrons. The molecule has 1 aromatic rings. The van der Waals surface area contributed by atoms with Crippen molar-refractivity contribution in [1.82, 2.24) is 14.7 Å². The van der Waals surface area contributed by atoms with Gasteiger partial charge in [-0.3, -0.25) is 9.58 Å². The quantitative estimate of drug-likeness (QED) is 0.745. The first-order chi connectivity index (χ1) is 8.02. The summed E-state index contributed by atoms with van der Waals surface area (Å²) in [6.07, 6.45) is 2.90. The summed E-state index contributed by atoms with van der Waals surface area (Å²) in [4.78, 5) is 12.8. The van der Waals surface area contributed by atoms with Crippen molar-refractivity contribution in [3.05, 3.63) is 18.0 Å². The van der Waals surface area contributed by atoms with E-state index in [0.29, 0.717) is 19.7 Å². The lowest BCUT2D eigenvalue weighted by atomic mass is 10.3. The van der Waals surface area contributed by atoms with Gasteiger partial charge in [-0.1, -0.05) is 0 Å². The van der Waals surface area contributed by atoms with Crippen LogP contribution in [0.3, 0.4) is 0 Å². The van der Waals surface area contributed by atoms with E-state index in [1.54, 1.807) is 17.8 Å². The van der Waals surface area contributed by atoms with Crippen molar-refractivity contribution in [3.8, 4) is 0 Å². The van der Waals surface area contributed by atoms with E-state index in [9.17, 15) is 4.79 Å². The van der Waals surface area contributed by atoms with Crippen LogP contribution in [0.5, 0.6) is 0 Å². The lowest BCUT2D eigenvalue weighted by Gasteiger charge is -2.20. The van der Waals surface area contributed by atoms with Gasteiger partial charge in [-0.25, -0.2) is 4.79 Å². The second-order valence-electron chi connectivity index (χ2n) is 4.00. The van der Waals surface area contributed by atoms with Crippen LogP contribution in [0, 0.1) is 0 Å². The van der Waals surface area contributed by atoms with Crippen molar-refractivity contribution in [2.45, 2.75) is 19.6 Å². The average Bonchev–Trinajstić information content (AvgIpc) is 2.63. The highest BCUT2D eigenvalue weighted by Crippen LogP contribution is 2.03. The van der Waals surface area contributed by atoms with Gasteiger partial charge in [-0.2, -0.15) is 5.10 Å². The molecule has 0 amide bonds. The number of nitrogens with zero attached hydrogens (tertiary/aromatic N) is 3. The molecule has 1 heterocycles. The van der Waals surface area contributed by atoms with E-state index in [0.717, 1.165) is 5.56 Å². The molecule has 1 N–H and O–H groups in total. The van der Waals surface area contributed by atoms with E-state index < -0.39 is 12.1 Å². The highest BCUT2D eigenvalue weighted by molar-refractivity contribution is 5.72. The first kappa shape index (κ1) is 13.7. The second-order valence-corrected chi connectivity index (χ2v) is 4.00. The van der Waals surface area contributed by atoms with Crippen molar-refractivity contribution >= 4 is 5.97 Å². The number of aryl methyl sites for hydroxylation is 1. The summed E-state index contributed by atoms with van der Waals surface area (Å²) in [5.41, 5.74) is 1.05. The van der Waals surface area contributed by atoms with Gasteiger partial charge < -0.3 is 9.84 Å². The van der Waals surface area contributed by atoms with Gasteiger partial charge in [0.2, 0.25) is 0 Å². The maximum Gasteiger partial charge on any atom is 0.334 e. The number of carbonyl (C=O) groups is 1. The topological polar surface area (TPSA) is 67.6 Å². The molecular weight excluding hydrogens is 222 g/mol. The van der Waals surface area contributed by atoms with Crippen LogP contribution >= 0.6 is 0 Å². The van der Waals surface area contributed by atoms with Gasteiger partial charge in [0.05, 0.1) is 6.20 Å². The lowest BCUT2D eigenvalue weighted by molar-refractivity contribution is -0.151. The molecular formula is C11H19N3O3. The Morgan fingerprint density at radius 1 is 1.71 bits per heavy atom. The Kier molecular flexibility index (Phi) is 5.11. The molecule has 0 aliphatic carbocycles. The summed E-state index contributed by atoms with van der Waals surface area (Å²) in [6, 6.07) is 0. The lowest BCUT2D eigenvalue weighted by Crippen LogP contribution is -2.36. The van der Waals surface area contributed by atoms with Crippen LogP contribution in [0.4, 0.5) is 0 Å². The maximum atomic E-state index is 10.9. The third-order valence-corrected chi connectivity index (χ3v) is 2.33. The number of aliphatic carboxylic acids is 1. The standard InChI is InChI=1S/C11H19N3O3/c1-4-17-10(11(15)16)8-13(2)6-9-5-12-14(3)7-9/h5,7,10H,4,6,8H2,1-3H3,(H,15,16). The van der Waals surface area contributed by atoms with E-state index in [1.807, 2.05) is 25.2 Å². The van der Waals surface area contributed by atoms with Gasteiger partial charge in [-0.05, 0) is 14.0 Å². The maximum absolute atomic E-state index is 10.9. The first-order valence-corrected chi connectivity index (χ1v) is 5.53. The largest absolute Gasteiger partial charge is 0.479 e. The molecule has 6 heteroatoms. The Morgan fingerprint density at radius 3 is 2.88 bits per heavy atom. The molecule has 1 aromatic heterocycles. The molecule has 0 spiro atoms. The van der Waals surface area contributed by atoms with Crippen LogP contribution in [0.1, 0.15) is 12.5 Å². The molecule has 1 unspecified atom stereocenters. The fourth-order valence-electron chi connectivity index (χ4n) is 1.62. The summed E-state index contributed by atoms with van der Waals surface area (Å²) in [6.45, 7) is 3.21. The van der Waals surface area contributed by atoms with Gasteiger partial charge in [0, 0.05) is 38.5 Å². The first-order valence-electron chi connectivity index (χ1n) is 5.53. The van der Waals surface area contributed by atoms with Crippen LogP contribution in [0.15, 0.2) is 12.4 Å². The summed E-state index contributed by atoms with van der Waals surface area (Å²) in [7, 11) is 3.71. The minimum Gasteiger partial charge on any atom is -0.479 e. The zero-order valence-electron chi connectivity index (χ0n) is 10.5. The summed E-state index contributed by atoms with van der Waals surface area (Å²) in [5.74, 6) is -0.926. The number of rotatable bonds is 7. The van der Waals surface area contributed by atoms with E-state index >= 15 is 0 Å². The molecule has 6 nitrogen and oxygen atoms in total.